The zero-order valence-corrected chi connectivity index (χ0v) is 17.3. The highest BCUT2D eigenvalue weighted by Crippen LogP contribution is 2.10. The lowest BCUT2D eigenvalue weighted by Gasteiger charge is -2.21. The molecule has 6 nitrogen and oxygen atoms in total. The van der Waals surface area contributed by atoms with E-state index in [1.54, 1.807) is 18.2 Å². The summed E-state index contributed by atoms with van der Waals surface area (Å²) in [7, 11) is 0. The second kappa shape index (κ2) is 10.2. The summed E-state index contributed by atoms with van der Waals surface area (Å²) < 4.78 is 14.4. The van der Waals surface area contributed by atoms with E-state index < -0.39 is 35.7 Å². The van der Waals surface area contributed by atoms with Crippen molar-refractivity contribution in [1.82, 2.24) is 10.6 Å². The van der Waals surface area contributed by atoms with Gasteiger partial charge in [0.2, 0.25) is 11.8 Å². The Balaban J connectivity index is 2.12. The minimum atomic E-state index is -1.18. The van der Waals surface area contributed by atoms with Gasteiger partial charge in [0.25, 0.3) is 0 Å². The van der Waals surface area contributed by atoms with Crippen LogP contribution in [-0.2, 0) is 27.2 Å². The van der Waals surface area contributed by atoms with E-state index in [9.17, 15) is 23.9 Å². The van der Waals surface area contributed by atoms with Crippen molar-refractivity contribution in [3.63, 3.8) is 0 Å². The summed E-state index contributed by atoms with van der Waals surface area (Å²) in [6.07, 6.45) is 0.143. The van der Waals surface area contributed by atoms with Crippen molar-refractivity contribution in [2.75, 3.05) is 0 Å². The number of halogens is 2. The monoisotopic (exact) mass is 498 g/mol. The summed E-state index contributed by atoms with van der Waals surface area (Å²) >= 11 is 2.14. The predicted octanol–water partition coefficient (Wildman–Crippen LogP) is 2.29. The molecule has 2 amide bonds. The Labute approximate surface area is 175 Å². The van der Waals surface area contributed by atoms with Crippen LogP contribution in [0.15, 0.2) is 48.5 Å². The first-order valence-corrected chi connectivity index (χ1v) is 9.61. The summed E-state index contributed by atoms with van der Waals surface area (Å²) in [6, 6.07) is 10.8. The van der Waals surface area contributed by atoms with Crippen LogP contribution in [0, 0.1) is 9.39 Å². The van der Waals surface area contributed by atoms with E-state index in [1.165, 1.54) is 25.1 Å². The molecule has 2 rings (SSSR count). The molecule has 0 aliphatic rings. The van der Waals surface area contributed by atoms with E-state index in [-0.39, 0.29) is 12.8 Å². The SMILES string of the molecule is CC(=O)N[C@@H](Cc1cccc(F)c1)C(=O)N[C@@H](Cc1ccc(I)cc1)C(=O)O. The third-order valence-corrected chi connectivity index (χ3v) is 4.71. The van der Waals surface area contributed by atoms with Gasteiger partial charge in [-0.05, 0) is 58.0 Å². The van der Waals surface area contributed by atoms with E-state index in [0.717, 1.165) is 9.13 Å². The van der Waals surface area contributed by atoms with Gasteiger partial charge in [0, 0.05) is 23.3 Å². The Bertz CT molecular complexity index is 858. The molecule has 0 bridgehead atoms. The summed E-state index contributed by atoms with van der Waals surface area (Å²) in [5.74, 6) is -2.72. The molecule has 148 valence electrons. The number of benzene rings is 2. The fourth-order valence-electron chi connectivity index (χ4n) is 2.68. The number of carboxylic acids is 1. The molecular weight excluding hydrogens is 478 g/mol. The number of rotatable bonds is 8. The smallest absolute Gasteiger partial charge is 0.326 e. The predicted molar refractivity (Wildman–Crippen MR) is 110 cm³/mol. The van der Waals surface area contributed by atoms with Crippen molar-refractivity contribution in [1.29, 1.82) is 0 Å². The molecule has 8 heteroatoms. The molecule has 28 heavy (non-hydrogen) atoms. The molecule has 2 aromatic carbocycles. The second-order valence-electron chi connectivity index (χ2n) is 6.32. The third-order valence-electron chi connectivity index (χ3n) is 3.99. The highest BCUT2D eigenvalue weighted by Gasteiger charge is 2.26. The zero-order chi connectivity index (χ0) is 20.7. The van der Waals surface area contributed by atoms with Gasteiger partial charge in [0.1, 0.15) is 17.9 Å². The largest absolute Gasteiger partial charge is 0.480 e. The summed E-state index contributed by atoms with van der Waals surface area (Å²) in [4.78, 5) is 35.7. The minimum Gasteiger partial charge on any atom is -0.480 e. The lowest BCUT2D eigenvalue weighted by atomic mass is 10.0. The maximum Gasteiger partial charge on any atom is 0.326 e. The van der Waals surface area contributed by atoms with Crippen LogP contribution in [0.2, 0.25) is 0 Å². The van der Waals surface area contributed by atoms with Crippen LogP contribution in [-0.4, -0.2) is 35.0 Å². The highest BCUT2D eigenvalue weighted by molar-refractivity contribution is 14.1. The molecule has 0 heterocycles. The van der Waals surface area contributed by atoms with Gasteiger partial charge in [-0.2, -0.15) is 0 Å². The number of hydrogen-bond acceptors (Lipinski definition) is 3. The first-order chi connectivity index (χ1) is 13.2. The van der Waals surface area contributed by atoms with Crippen molar-refractivity contribution >= 4 is 40.4 Å². The first kappa shape index (κ1) is 21.8. The first-order valence-electron chi connectivity index (χ1n) is 8.53. The number of amides is 2. The number of carboxylic acid groups (broad SMARTS) is 1. The van der Waals surface area contributed by atoms with Gasteiger partial charge in [-0.3, -0.25) is 9.59 Å². The number of hydrogen-bond donors (Lipinski definition) is 3. The van der Waals surface area contributed by atoms with Gasteiger partial charge in [0.05, 0.1) is 0 Å². The maximum absolute atomic E-state index is 13.4. The van der Waals surface area contributed by atoms with Crippen molar-refractivity contribution in [3.8, 4) is 0 Å². The Morgan fingerprint density at radius 3 is 2.21 bits per heavy atom. The van der Waals surface area contributed by atoms with Crippen LogP contribution in [0.25, 0.3) is 0 Å². The molecule has 0 unspecified atom stereocenters. The molecule has 0 fully saturated rings. The number of carbonyl (C=O) groups excluding carboxylic acids is 2. The average Bonchev–Trinajstić information content (AvgIpc) is 2.62. The Hall–Kier alpha value is -2.49. The van der Waals surface area contributed by atoms with Crippen molar-refractivity contribution in [3.05, 3.63) is 69.0 Å². The Morgan fingerprint density at radius 2 is 1.64 bits per heavy atom. The normalized spacial score (nSPS) is 12.7. The van der Waals surface area contributed by atoms with Gasteiger partial charge < -0.3 is 15.7 Å². The molecule has 3 N–H and O–H groups in total. The quantitative estimate of drug-likeness (QED) is 0.487. The van der Waals surface area contributed by atoms with Crippen LogP contribution >= 0.6 is 22.6 Å². The summed E-state index contributed by atoms with van der Waals surface area (Å²) in [5, 5.41) is 14.4. The van der Waals surface area contributed by atoms with Crippen molar-refractivity contribution in [2.24, 2.45) is 0 Å². The number of carbonyl (C=O) groups is 3. The Kier molecular flexibility index (Phi) is 7.91. The number of aliphatic carboxylic acids is 1. The standard InChI is InChI=1S/C20H20FIN2O4/c1-12(25)23-17(11-14-3-2-4-15(21)9-14)19(26)24-18(20(27)28)10-13-5-7-16(22)8-6-13/h2-9,17-18H,10-11H2,1H3,(H,23,25)(H,24,26)(H,27,28)/t17-,18-/m0/s1. The van der Waals surface area contributed by atoms with Crippen molar-refractivity contribution in [2.45, 2.75) is 31.8 Å². The van der Waals surface area contributed by atoms with Gasteiger partial charge >= 0.3 is 5.97 Å². The maximum atomic E-state index is 13.4. The molecule has 0 spiro atoms. The molecule has 0 radical (unpaired) electrons. The highest BCUT2D eigenvalue weighted by atomic mass is 127. The lowest BCUT2D eigenvalue weighted by Crippen LogP contribution is -2.52. The van der Waals surface area contributed by atoms with Gasteiger partial charge in [0.15, 0.2) is 0 Å². The van der Waals surface area contributed by atoms with E-state index >= 15 is 0 Å². The molecule has 2 aromatic rings. The van der Waals surface area contributed by atoms with E-state index in [0.29, 0.717) is 5.56 Å². The van der Waals surface area contributed by atoms with E-state index in [2.05, 4.69) is 33.2 Å². The lowest BCUT2D eigenvalue weighted by molar-refractivity contribution is -0.142. The van der Waals surface area contributed by atoms with Crippen LogP contribution in [0.3, 0.4) is 0 Å². The van der Waals surface area contributed by atoms with Gasteiger partial charge in [-0.25, -0.2) is 9.18 Å². The molecular formula is C20H20FIN2O4. The van der Waals surface area contributed by atoms with Gasteiger partial charge in [-0.1, -0.05) is 24.3 Å². The third kappa shape index (κ3) is 6.91. The Morgan fingerprint density at radius 1 is 1.00 bits per heavy atom. The van der Waals surface area contributed by atoms with Crippen LogP contribution in [0.1, 0.15) is 18.1 Å². The molecule has 0 aliphatic carbocycles. The zero-order valence-electron chi connectivity index (χ0n) is 15.1. The summed E-state index contributed by atoms with van der Waals surface area (Å²) in [6.45, 7) is 1.26. The minimum absolute atomic E-state index is 0.0407. The van der Waals surface area contributed by atoms with E-state index in [4.69, 9.17) is 0 Å². The molecule has 0 aliphatic heterocycles. The van der Waals surface area contributed by atoms with Gasteiger partial charge in [-0.15, -0.1) is 0 Å². The molecule has 2 atom stereocenters. The summed E-state index contributed by atoms with van der Waals surface area (Å²) in [5.41, 5.74) is 1.27. The average molecular weight is 498 g/mol. The molecule has 0 saturated carbocycles. The fourth-order valence-corrected chi connectivity index (χ4v) is 3.04. The van der Waals surface area contributed by atoms with Crippen LogP contribution in [0.4, 0.5) is 4.39 Å². The molecule has 0 aromatic heterocycles. The number of nitrogens with one attached hydrogen (secondary N) is 2. The molecule has 0 saturated heterocycles. The van der Waals surface area contributed by atoms with Crippen molar-refractivity contribution < 1.29 is 23.9 Å². The fraction of sp³-hybridized carbons (Fsp3) is 0.250. The van der Waals surface area contributed by atoms with E-state index in [1.807, 2.05) is 12.1 Å². The second-order valence-corrected chi connectivity index (χ2v) is 7.56. The topological polar surface area (TPSA) is 95.5 Å². The van der Waals surface area contributed by atoms with Crippen LogP contribution < -0.4 is 10.6 Å². The van der Waals surface area contributed by atoms with Crippen LogP contribution in [0.5, 0.6) is 0 Å².